The van der Waals surface area contributed by atoms with E-state index in [2.05, 4.69) is 20.1 Å². The van der Waals surface area contributed by atoms with Crippen LogP contribution in [0.15, 0.2) is 24.5 Å². The molecule has 0 unspecified atom stereocenters. The first-order valence-electron chi connectivity index (χ1n) is 6.88. The van der Waals surface area contributed by atoms with Gasteiger partial charge in [-0.05, 0) is 17.3 Å². The molecule has 1 atom stereocenters. The van der Waals surface area contributed by atoms with Gasteiger partial charge in [-0.15, -0.1) is 10.2 Å². The zero-order valence-electron chi connectivity index (χ0n) is 13.3. The van der Waals surface area contributed by atoms with Crippen molar-refractivity contribution in [3.05, 3.63) is 35.9 Å². The number of hydrogen-bond acceptors (Lipinski definition) is 9. The van der Waals surface area contributed by atoms with Crippen molar-refractivity contribution in [2.75, 3.05) is 20.0 Å². The lowest BCUT2D eigenvalue weighted by molar-refractivity contribution is 0.0595. The smallest absolute Gasteiger partial charge is 0.340 e. The first kappa shape index (κ1) is 18.7. The highest BCUT2D eigenvalue weighted by Crippen LogP contribution is 2.18. The van der Waals surface area contributed by atoms with Gasteiger partial charge < -0.3 is 9.47 Å². The minimum absolute atomic E-state index is 0.0458. The summed E-state index contributed by atoms with van der Waals surface area (Å²) in [5, 5.41) is 10.9. The molecule has 0 aliphatic rings. The van der Waals surface area contributed by atoms with Crippen LogP contribution < -0.4 is 4.74 Å². The van der Waals surface area contributed by atoms with Gasteiger partial charge in [0.15, 0.2) is 6.33 Å². The average molecular weight is 374 g/mol. The molecule has 10 nitrogen and oxygen atoms in total. The van der Waals surface area contributed by atoms with Crippen LogP contribution in [0.4, 0.5) is 4.39 Å². The Kier molecular flexibility index (Phi) is 5.98. The van der Waals surface area contributed by atoms with Gasteiger partial charge in [-0.25, -0.2) is 9.18 Å². The van der Waals surface area contributed by atoms with Crippen LogP contribution in [-0.4, -0.2) is 60.7 Å². The van der Waals surface area contributed by atoms with Crippen LogP contribution in [-0.2, 0) is 25.6 Å². The number of hydrogen-bond donors (Lipinski definition) is 0. The van der Waals surface area contributed by atoms with E-state index in [-0.39, 0.29) is 24.5 Å². The first-order valence-corrected chi connectivity index (χ1v) is 8.70. The normalized spacial score (nSPS) is 12.6. The quantitative estimate of drug-likeness (QED) is 0.465. The highest BCUT2D eigenvalue weighted by molar-refractivity contribution is 7.86. The van der Waals surface area contributed by atoms with Crippen molar-refractivity contribution >= 4 is 16.1 Å². The molecule has 0 bridgehead atoms. The highest BCUT2D eigenvalue weighted by Gasteiger charge is 2.19. The molecule has 1 aromatic heterocycles. The summed E-state index contributed by atoms with van der Waals surface area (Å²) < 4.78 is 51.2. The van der Waals surface area contributed by atoms with Gasteiger partial charge in [-0.2, -0.15) is 13.2 Å². The molecule has 2 rings (SSSR count). The Morgan fingerprint density at radius 3 is 2.72 bits per heavy atom. The third kappa shape index (κ3) is 5.76. The third-order valence-electron chi connectivity index (χ3n) is 2.85. The van der Waals surface area contributed by atoms with Crippen LogP contribution in [0.25, 0.3) is 0 Å². The summed E-state index contributed by atoms with van der Waals surface area (Å²) in [4.78, 5) is 12.5. The predicted molar refractivity (Wildman–Crippen MR) is 80.8 cm³/mol. The number of carbonyl (C=O) groups is 1. The van der Waals surface area contributed by atoms with Crippen molar-refractivity contribution in [1.29, 1.82) is 0 Å². The summed E-state index contributed by atoms with van der Waals surface area (Å²) in [6.45, 7) is -0.276. The number of carbonyl (C=O) groups excluding carboxylic acids is 1. The SMILES string of the molecule is COC(=O)c1ccc(OC[C@H](Cn2ncnn2)OS(C)(=O)=O)cc1F. The van der Waals surface area contributed by atoms with Gasteiger partial charge in [0.2, 0.25) is 0 Å². The molecule has 1 heterocycles. The number of benzene rings is 1. The van der Waals surface area contributed by atoms with Crippen LogP contribution in [0.5, 0.6) is 5.75 Å². The lowest BCUT2D eigenvalue weighted by atomic mass is 10.2. The molecule has 0 aliphatic carbocycles. The summed E-state index contributed by atoms with van der Waals surface area (Å²) in [5.74, 6) is -1.57. The van der Waals surface area contributed by atoms with Gasteiger partial charge in [0.05, 0.1) is 25.5 Å². The van der Waals surface area contributed by atoms with E-state index in [0.717, 1.165) is 24.2 Å². The lowest BCUT2D eigenvalue weighted by Gasteiger charge is -2.16. The molecular formula is C13H15FN4O6S. The maximum atomic E-state index is 13.8. The molecule has 0 radical (unpaired) electrons. The second kappa shape index (κ2) is 7.98. The number of tetrazole rings is 1. The van der Waals surface area contributed by atoms with Crippen LogP contribution in [0.2, 0.25) is 0 Å². The topological polar surface area (TPSA) is 122 Å². The van der Waals surface area contributed by atoms with Gasteiger partial charge >= 0.3 is 5.97 Å². The Balaban J connectivity index is 2.06. The molecule has 0 saturated carbocycles. The number of esters is 1. The molecule has 0 spiro atoms. The molecule has 0 amide bonds. The second-order valence-electron chi connectivity index (χ2n) is 4.86. The molecule has 0 N–H and O–H groups in total. The monoisotopic (exact) mass is 374 g/mol. The maximum Gasteiger partial charge on any atom is 0.340 e. The molecule has 0 fully saturated rings. The Hall–Kier alpha value is -2.60. The maximum absolute atomic E-state index is 13.8. The van der Waals surface area contributed by atoms with E-state index in [1.54, 1.807) is 0 Å². The number of nitrogens with zero attached hydrogens (tertiary/aromatic N) is 4. The van der Waals surface area contributed by atoms with E-state index in [1.165, 1.54) is 18.5 Å². The van der Waals surface area contributed by atoms with E-state index in [1.807, 2.05) is 0 Å². The Labute approximate surface area is 142 Å². The number of ether oxygens (including phenoxy) is 2. The zero-order valence-corrected chi connectivity index (χ0v) is 14.1. The lowest BCUT2D eigenvalue weighted by Crippen LogP contribution is -2.30. The number of aromatic nitrogens is 4. The molecule has 136 valence electrons. The number of halogens is 1. The molecule has 1 aromatic carbocycles. The summed E-state index contributed by atoms with van der Waals surface area (Å²) in [6, 6.07) is 3.53. The van der Waals surface area contributed by atoms with Crippen LogP contribution in [0.1, 0.15) is 10.4 Å². The van der Waals surface area contributed by atoms with Crippen molar-refractivity contribution in [1.82, 2.24) is 20.2 Å². The van der Waals surface area contributed by atoms with Crippen molar-refractivity contribution in [3.63, 3.8) is 0 Å². The molecule has 2 aromatic rings. The van der Waals surface area contributed by atoms with Crippen molar-refractivity contribution in [3.8, 4) is 5.75 Å². The fourth-order valence-corrected chi connectivity index (χ4v) is 2.47. The van der Waals surface area contributed by atoms with Crippen molar-refractivity contribution in [2.24, 2.45) is 0 Å². The van der Waals surface area contributed by atoms with Gasteiger partial charge in [-0.1, -0.05) is 0 Å². The minimum Gasteiger partial charge on any atom is -0.491 e. The van der Waals surface area contributed by atoms with Gasteiger partial charge in [-0.3, -0.25) is 4.18 Å². The highest BCUT2D eigenvalue weighted by atomic mass is 32.2. The summed E-state index contributed by atoms with van der Waals surface area (Å²) in [7, 11) is -2.63. The van der Waals surface area contributed by atoms with Crippen LogP contribution in [0, 0.1) is 5.82 Å². The van der Waals surface area contributed by atoms with Crippen molar-refractivity contribution < 1.29 is 31.3 Å². The summed E-state index contributed by atoms with van der Waals surface area (Å²) in [6.07, 6.45) is 1.10. The van der Waals surface area contributed by atoms with E-state index < -0.39 is 28.0 Å². The minimum atomic E-state index is -3.76. The second-order valence-corrected chi connectivity index (χ2v) is 6.46. The van der Waals surface area contributed by atoms with Crippen LogP contribution in [0.3, 0.4) is 0 Å². The third-order valence-corrected chi connectivity index (χ3v) is 3.47. The fraction of sp³-hybridized carbons (Fsp3) is 0.385. The van der Waals surface area contributed by atoms with Gasteiger partial charge in [0, 0.05) is 6.07 Å². The molecular weight excluding hydrogens is 359 g/mol. The molecule has 12 heteroatoms. The Morgan fingerprint density at radius 1 is 1.40 bits per heavy atom. The molecule has 0 aliphatic heterocycles. The van der Waals surface area contributed by atoms with Crippen molar-refractivity contribution in [2.45, 2.75) is 12.6 Å². The zero-order chi connectivity index (χ0) is 18.4. The van der Waals surface area contributed by atoms with Gasteiger partial charge in [0.25, 0.3) is 10.1 Å². The fourth-order valence-electron chi connectivity index (χ4n) is 1.86. The average Bonchev–Trinajstić information content (AvgIpc) is 3.03. The summed E-state index contributed by atoms with van der Waals surface area (Å²) >= 11 is 0. The first-order chi connectivity index (χ1) is 11.8. The Bertz CT molecular complexity index is 827. The van der Waals surface area contributed by atoms with Crippen LogP contribution >= 0.6 is 0 Å². The molecule has 25 heavy (non-hydrogen) atoms. The van der Waals surface area contributed by atoms with E-state index in [4.69, 9.17) is 8.92 Å². The van der Waals surface area contributed by atoms with E-state index >= 15 is 0 Å². The summed E-state index contributed by atoms with van der Waals surface area (Å²) in [5.41, 5.74) is -0.245. The standard InChI is InChI=1S/C13H15FN4O6S/c1-22-13(19)11-4-3-9(5-12(11)14)23-7-10(24-25(2,20)21)6-18-16-8-15-17-18/h3-5,8,10H,6-7H2,1-2H3/t10-/m0/s1. The number of methoxy groups -OCH3 is 1. The number of rotatable bonds is 8. The molecule has 0 saturated heterocycles. The Morgan fingerprint density at radius 2 is 2.16 bits per heavy atom. The largest absolute Gasteiger partial charge is 0.491 e. The van der Waals surface area contributed by atoms with E-state index in [0.29, 0.717) is 0 Å². The van der Waals surface area contributed by atoms with Gasteiger partial charge in [0.1, 0.15) is 24.3 Å². The van der Waals surface area contributed by atoms with E-state index in [9.17, 15) is 17.6 Å². The predicted octanol–water partition coefficient (Wildman–Crippen LogP) is 0.0226.